The van der Waals surface area contributed by atoms with Crippen molar-refractivity contribution in [3.63, 3.8) is 0 Å². The van der Waals surface area contributed by atoms with E-state index >= 15 is 0 Å². The monoisotopic (exact) mass is 196 g/mol. The van der Waals surface area contributed by atoms with Crippen LogP contribution in [0.1, 0.15) is 13.8 Å². The Morgan fingerprint density at radius 1 is 1.71 bits per heavy atom. The molecule has 1 saturated heterocycles. The summed E-state index contributed by atoms with van der Waals surface area (Å²) >= 11 is 0. The average Bonchev–Trinajstić information content (AvgIpc) is 2.16. The van der Waals surface area contributed by atoms with E-state index in [1.165, 1.54) is 0 Å². The van der Waals surface area contributed by atoms with Crippen molar-refractivity contribution >= 4 is 6.03 Å². The number of carbonyl (C=O) groups excluding carboxylic acids is 1. The highest BCUT2D eigenvalue weighted by Gasteiger charge is 2.26. The quantitative estimate of drug-likeness (QED) is 0.615. The van der Waals surface area contributed by atoms with Gasteiger partial charge >= 0.3 is 6.03 Å². The van der Waals surface area contributed by atoms with E-state index in [1.54, 1.807) is 4.90 Å². The molecule has 1 heterocycles. The zero-order valence-corrected chi connectivity index (χ0v) is 8.58. The molecule has 0 aromatic heterocycles. The molecule has 0 bridgehead atoms. The number of urea groups is 1. The van der Waals surface area contributed by atoms with Gasteiger partial charge in [0.1, 0.15) is 6.04 Å². The predicted molar refractivity (Wildman–Crippen MR) is 52.6 cm³/mol. The lowest BCUT2D eigenvalue weighted by molar-refractivity contribution is 0.172. The van der Waals surface area contributed by atoms with Gasteiger partial charge < -0.3 is 15.5 Å². The molecule has 5 nitrogen and oxygen atoms in total. The Kier molecular flexibility index (Phi) is 3.72. The largest absolute Gasteiger partial charge is 0.336 e. The first-order valence-electron chi connectivity index (χ1n) is 4.82. The molecule has 14 heavy (non-hydrogen) atoms. The maximum absolute atomic E-state index is 11.6. The maximum Gasteiger partial charge on any atom is 0.318 e. The molecule has 0 spiro atoms. The number of nitrogens with zero attached hydrogens (tertiary/aromatic N) is 2. The lowest BCUT2D eigenvalue weighted by Crippen LogP contribution is -2.56. The standard InChI is InChI=1S/C9H16N4O/c1-7(2)12-9(14)13-4-3-11-6-8(13)5-10/h7-8,11H,3-4,6H2,1-2H3,(H,12,14). The van der Waals surface area contributed by atoms with E-state index in [4.69, 9.17) is 5.26 Å². The number of rotatable bonds is 1. The Morgan fingerprint density at radius 3 is 3.00 bits per heavy atom. The summed E-state index contributed by atoms with van der Waals surface area (Å²) < 4.78 is 0. The fourth-order valence-electron chi connectivity index (χ4n) is 1.39. The van der Waals surface area contributed by atoms with Crippen LogP contribution in [0.25, 0.3) is 0 Å². The Hall–Kier alpha value is -1.28. The van der Waals surface area contributed by atoms with Crippen LogP contribution in [-0.2, 0) is 0 Å². The summed E-state index contributed by atoms with van der Waals surface area (Å²) in [6, 6.07) is 1.73. The number of carbonyl (C=O) groups is 1. The smallest absolute Gasteiger partial charge is 0.318 e. The van der Waals surface area contributed by atoms with Gasteiger partial charge in [0.25, 0.3) is 0 Å². The van der Waals surface area contributed by atoms with Crippen molar-refractivity contribution in [2.75, 3.05) is 19.6 Å². The summed E-state index contributed by atoms with van der Waals surface area (Å²) in [5.74, 6) is 0. The minimum Gasteiger partial charge on any atom is -0.336 e. The van der Waals surface area contributed by atoms with Crippen molar-refractivity contribution in [2.24, 2.45) is 0 Å². The van der Waals surface area contributed by atoms with E-state index < -0.39 is 0 Å². The fraction of sp³-hybridized carbons (Fsp3) is 0.778. The van der Waals surface area contributed by atoms with Crippen LogP contribution in [0, 0.1) is 11.3 Å². The predicted octanol–water partition coefficient (Wildman–Crippen LogP) is -0.0982. The summed E-state index contributed by atoms with van der Waals surface area (Å²) in [7, 11) is 0. The van der Waals surface area contributed by atoms with Crippen molar-refractivity contribution < 1.29 is 4.79 Å². The van der Waals surface area contributed by atoms with Crippen molar-refractivity contribution in [1.29, 1.82) is 5.26 Å². The van der Waals surface area contributed by atoms with Crippen molar-refractivity contribution in [2.45, 2.75) is 25.9 Å². The Morgan fingerprint density at radius 2 is 2.43 bits per heavy atom. The molecule has 1 rings (SSSR count). The van der Waals surface area contributed by atoms with E-state index in [0.717, 1.165) is 6.54 Å². The van der Waals surface area contributed by atoms with Crippen LogP contribution in [-0.4, -0.2) is 42.6 Å². The first-order valence-corrected chi connectivity index (χ1v) is 4.82. The van der Waals surface area contributed by atoms with E-state index in [-0.39, 0.29) is 18.1 Å². The highest BCUT2D eigenvalue weighted by molar-refractivity contribution is 5.75. The lowest BCUT2D eigenvalue weighted by atomic mass is 10.2. The molecule has 0 aromatic rings. The zero-order chi connectivity index (χ0) is 10.6. The van der Waals surface area contributed by atoms with Gasteiger partial charge in [0, 0.05) is 25.7 Å². The van der Waals surface area contributed by atoms with Crippen LogP contribution < -0.4 is 10.6 Å². The average molecular weight is 196 g/mol. The van der Waals surface area contributed by atoms with Gasteiger partial charge in [-0.2, -0.15) is 5.26 Å². The zero-order valence-electron chi connectivity index (χ0n) is 8.58. The van der Waals surface area contributed by atoms with Crippen LogP contribution in [0.5, 0.6) is 0 Å². The van der Waals surface area contributed by atoms with Gasteiger partial charge in [0.2, 0.25) is 0 Å². The van der Waals surface area contributed by atoms with Crippen LogP contribution >= 0.6 is 0 Å². The molecule has 1 aliphatic rings. The number of nitriles is 1. The molecule has 0 aromatic carbocycles. The third kappa shape index (κ3) is 2.60. The summed E-state index contributed by atoms with van der Waals surface area (Å²) in [4.78, 5) is 13.2. The van der Waals surface area contributed by atoms with Gasteiger partial charge in [-0.25, -0.2) is 4.79 Å². The highest BCUT2D eigenvalue weighted by Crippen LogP contribution is 2.02. The molecular formula is C9H16N4O. The maximum atomic E-state index is 11.6. The SMILES string of the molecule is CC(C)NC(=O)N1CCNCC1C#N. The summed E-state index contributed by atoms with van der Waals surface area (Å²) in [5.41, 5.74) is 0. The molecule has 1 atom stereocenters. The molecule has 5 heteroatoms. The third-order valence-corrected chi connectivity index (χ3v) is 2.07. The highest BCUT2D eigenvalue weighted by atomic mass is 16.2. The van der Waals surface area contributed by atoms with E-state index in [0.29, 0.717) is 13.1 Å². The van der Waals surface area contributed by atoms with Crippen LogP contribution in [0.3, 0.4) is 0 Å². The number of piperazine rings is 1. The van der Waals surface area contributed by atoms with Crippen molar-refractivity contribution in [1.82, 2.24) is 15.5 Å². The molecule has 2 N–H and O–H groups in total. The molecule has 0 radical (unpaired) electrons. The van der Waals surface area contributed by atoms with Crippen LogP contribution in [0.4, 0.5) is 4.79 Å². The van der Waals surface area contributed by atoms with Gasteiger partial charge in [0.15, 0.2) is 0 Å². The topological polar surface area (TPSA) is 68.2 Å². The fourth-order valence-corrected chi connectivity index (χ4v) is 1.39. The summed E-state index contributed by atoms with van der Waals surface area (Å²) in [6.45, 7) is 5.71. The van der Waals surface area contributed by atoms with Gasteiger partial charge in [-0.3, -0.25) is 0 Å². The molecule has 2 amide bonds. The minimum atomic E-state index is -0.345. The van der Waals surface area contributed by atoms with Gasteiger partial charge in [-0.15, -0.1) is 0 Å². The lowest BCUT2D eigenvalue weighted by Gasteiger charge is -2.32. The van der Waals surface area contributed by atoms with E-state index in [9.17, 15) is 4.79 Å². The normalized spacial score (nSPS) is 21.9. The van der Waals surface area contributed by atoms with Crippen molar-refractivity contribution in [3.05, 3.63) is 0 Å². The van der Waals surface area contributed by atoms with Crippen LogP contribution in [0.2, 0.25) is 0 Å². The Labute approximate surface area is 84.1 Å². The minimum absolute atomic E-state index is 0.108. The molecule has 1 aliphatic heterocycles. The van der Waals surface area contributed by atoms with Crippen LogP contribution in [0.15, 0.2) is 0 Å². The number of amides is 2. The third-order valence-electron chi connectivity index (χ3n) is 2.07. The first-order chi connectivity index (χ1) is 6.65. The van der Waals surface area contributed by atoms with Gasteiger partial charge in [0.05, 0.1) is 6.07 Å². The number of nitrogens with one attached hydrogen (secondary N) is 2. The van der Waals surface area contributed by atoms with Crippen molar-refractivity contribution in [3.8, 4) is 6.07 Å². The second-order valence-electron chi connectivity index (χ2n) is 3.65. The second kappa shape index (κ2) is 4.82. The van der Waals surface area contributed by atoms with E-state index in [2.05, 4.69) is 16.7 Å². The first kappa shape index (κ1) is 10.8. The summed E-state index contributed by atoms with van der Waals surface area (Å²) in [5, 5.41) is 14.7. The van der Waals surface area contributed by atoms with Gasteiger partial charge in [-0.05, 0) is 13.8 Å². The van der Waals surface area contributed by atoms with E-state index in [1.807, 2.05) is 13.8 Å². The second-order valence-corrected chi connectivity index (χ2v) is 3.65. The molecule has 1 fully saturated rings. The number of hydrogen-bond donors (Lipinski definition) is 2. The molecule has 78 valence electrons. The Balaban J connectivity index is 2.55. The Bertz CT molecular complexity index is 246. The molecule has 1 unspecified atom stereocenters. The number of hydrogen-bond acceptors (Lipinski definition) is 3. The molecule has 0 saturated carbocycles. The van der Waals surface area contributed by atoms with Gasteiger partial charge in [-0.1, -0.05) is 0 Å². The molecular weight excluding hydrogens is 180 g/mol. The summed E-state index contributed by atoms with van der Waals surface area (Å²) in [6.07, 6.45) is 0. The molecule has 0 aliphatic carbocycles.